The first kappa shape index (κ1) is 34.6. The molecule has 1 aromatic heterocycles. The molecule has 14 heteroatoms. The molecule has 5 rings (SSSR count). The van der Waals surface area contributed by atoms with E-state index in [2.05, 4.69) is 15.4 Å². The summed E-state index contributed by atoms with van der Waals surface area (Å²) in [6, 6.07) is 8.02. The molecule has 2 N–H and O–H groups in total. The zero-order valence-corrected chi connectivity index (χ0v) is 26.4. The van der Waals surface area contributed by atoms with E-state index in [1.807, 2.05) is 62.3 Å². The number of morpholine rings is 1. The fraction of sp³-hybridized carbons (Fsp3) is 0.485. The Bertz CT molecular complexity index is 1530. The quantitative estimate of drug-likeness (QED) is 0.164. The fourth-order valence-corrected chi connectivity index (χ4v) is 6.34. The number of hydrogen-bond acceptors (Lipinski definition) is 6. The van der Waals surface area contributed by atoms with Crippen LogP contribution in [0.4, 0.5) is 26.3 Å². The molecule has 3 atom stereocenters. The number of ether oxygens (including phenoxy) is 1. The van der Waals surface area contributed by atoms with Gasteiger partial charge in [0, 0.05) is 68.1 Å². The maximum Gasteiger partial charge on any atom is 0.416 e. The highest BCUT2D eigenvalue weighted by molar-refractivity contribution is 5.95. The smallest absolute Gasteiger partial charge is 0.373 e. The van der Waals surface area contributed by atoms with Crippen LogP contribution in [0.3, 0.4) is 0 Å². The minimum absolute atomic E-state index is 0.0305. The van der Waals surface area contributed by atoms with Crippen molar-refractivity contribution in [1.82, 2.24) is 25.2 Å². The molecule has 0 bridgehead atoms. The lowest BCUT2D eigenvalue weighted by atomic mass is 9.99. The second kappa shape index (κ2) is 14.2. The van der Waals surface area contributed by atoms with Crippen LogP contribution in [0, 0.1) is 0 Å². The summed E-state index contributed by atoms with van der Waals surface area (Å²) in [6.07, 6.45) is -5.85. The monoisotopic (exact) mass is 667 g/mol. The molecule has 3 aromatic rings. The van der Waals surface area contributed by atoms with E-state index >= 15 is 0 Å². The predicted molar refractivity (Wildman–Crippen MR) is 164 cm³/mol. The van der Waals surface area contributed by atoms with Gasteiger partial charge < -0.3 is 19.5 Å². The van der Waals surface area contributed by atoms with Crippen molar-refractivity contribution >= 4 is 16.8 Å². The lowest BCUT2D eigenvalue weighted by Crippen LogP contribution is -2.54. The van der Waals surface area contributed by atoms with E-state index in [4.69, 9.17) is 9.57 Å². The topological polar surface area (TPSA) is 73.1 Å². The van der Waals surface area contributed by atoms with Gasteiger partial charge in [-0.15, -0.1) is 0 Å². The van der Waals surface area contributed by atoms with Crippen LogP contribution in [-0.2, 0) is 28.3 Å². The molecule has 2 aliphatic heterocycles. The third-order valence-corrected chi connectivity index (χ3v) is 8.35. The number of benzene rings is 2. The summed E-state index contributed by atoms with van der Waals surface area (Å²) >= 11 is 0. The number of alkyl halides is 6. The van der Waals surface area contributed by atoms with Crippen LogP contribution in [0.1, 0.15) is 47.8 Å². The van der Waals surface area contributed by atoms with Crippen molar-refractivity contribution in [2.24, 2.45) is 0 Å². The Hall–Kier alpha value is -3.75. The summed E-state index contributed by atoms with van der Waals surface area (Å²) in [5, 5.41) is 0.918. The number of para-hydroxylation sites is 1. The van der Waals surface area contributed by atoms with Gasteiger partial charge in [-0.3, -0.25) is 20.0 Å². The molecule has 2 aromatic carbocycles. The molecule has 0 spiro atoms. The van der Waals surface area contributed by atoms with Gasteiger partial charge in [-0.2, -0.15) is 26.3 Å². The highest BCUT2D eigenvalue weighted by Gasteiger charge is 2.39. The Morgan fingerprint density at radius 3 is 2.32 bits per heavy atom. The Kier molecular flexibility index (Phi) is 10.4. The van der Waals surface area contributed by atoms with Crippen LogP contribution >= 0.6 is 0 Å². The first-order valence-electron chi connectivity index (χ1n) is 15.5. The van der Waals surface area contributed by atoms with Crippen molar-refractivity contribution in [2.75, 3.05) is 45.9 Å². The average molecular weight is 668 g/mol. The third-order valence-electron chi connectivity index (χ3n) is 8.35. The maximum atomic E-state index is 13.7. The fourth-order valence-electron chi connectivity index (χ4n) is 6.34. The van der Waals surface area contributed by atoms with Gasteiger partial charge in [0.2, 0.25) is 0 Å². The molecule has 2 saturated heterocycles. The summed E-state index contributed by atoms with van der Waals surface area (Å²) in [5.74, 6) is -0.889. The molecular formula is C33H39F6N5O3. The number of carbonyl (C=O) groups excluding carboxylic acids is 1. The Labute approximate surface area is 269 Å². The Balaban J connectivity index is 1.32. The second-order valence-electron chi connectivity index (χ2n) is 12.3. The number of amides is 1. The van der Waals surface area contributed by atoms with E-state index in [-0.39, 0.29) is 24.8 Å². The van der Waals surface area contributed by atoms with Crippen molar-refractivity contribution in [3.63, 3.8) is 0 Å². The number of aromatic nitrogens is 1. The standard InChI is InChI=1S/C33H39F6N5O3/c1-21(41-46-11-10-43-18-22(2)47-23(3)19-43)17-42-8-9-44(28(20-42)14-25-16-40-30-7-5-4-6-29(25)30)31(45)24-12-26(32(34,35)36)15-27(13-24)33(37,38)39/h4-7,12-13,15-17,22-23,28,40-41H,8-11,14,18-20H2,1-3H3/t22?,23?,28-/m1/s1. The number of fused-ring (bicyclic) bond motifs is 1. The highest BCUT2D eigenvalue weighted by Crippen LogP contribution is 2.37. The van der Waals surface area contributed by atoms with Gasteiger partial charge in [0.25, 0.3) is 5.91 Å². The largest absolute Gasteiger partial charge is 0.416 e. The second-order valence-corrected chi connectivity index (χ2v) is 12.3. The van der Waals surface area contributed by atoms with Gasteiger partial charge in [0.1, 0.15) is 0 Å². The van der Waals surface area contributed by atoms with Crippen LogP contribution in [0.2, 0.25) is 0 Å². The zero-order valence-electron chi connectivity index (χ0n) is 26.4. The van der Waals surface area contributed by atoms with Gasteiger partial charge in [0.15, 0.2) is 0 Å². The molecule has 2 unspecified atom stereocenters. The average Bonchev–Trinajstić information content (AvgIpc) is 3.40. The number of H-pyrrole nitrogens is 1. The summed E-state index contributed by atoms with van der Waals surface area (Å²) in [7, 11) is 0. The number of hydrogen-bond donors (Lipinski definition) is 2. The molecule has 0 saturated carbocycles. The molecule has 0 aliphatic carbocycles. The Morgan fingerprint density at radius 1 is 1.00 bits per heavy atom. The summed E-state index contributed by atoms with van der Waals surface area (Å²) < 4.78 is 87.3. The molecule has 47 heavy (non-hydrogen) atoms. The van der Waals surface area contributed by atoms with Gasteiger partial charge >= 0.3 is 12.4 Å². The summed E-state index contributed by atoms with van der Waals surface area (Å²) in [4.78, 5) is 28.2. The van der Waals surface area contributed by atoms with Crippen molar-refractivity contribution in [1.29, 1.82) is 0 Å². The molecular weight excluding hydrogens is 628 g/mol. The first-order chi connectivity index (χ1) is 22.2. The molecule has 256 valence electrons. The molecule has 3 heterocycles. The van der Waals surface area contributed by atoms with E-state index in [1.54, 1.807) is 0 Å². The van der Waals surface area contributed by atoms with Crippen LogP contribution in [0.15, 0.2) is 60.6 Å². The lowest BCUT2D eigenvalue weighted by Gasteiger charge is -2.41. The van der Waals surface area contributed by atoms with E-state index < -0.39 is 41.0 Å². The minimum atomic E-state index is -5.06. The van der Waals surface area contributed by atoms with Gasteiger partial charge in [0.05, 0.1) is 41.7 Å². The number of carbonyl (C=O) groups is 1. The number of aromatic amines is 1. The minimum Gasteiger partial charge on any atom is -0.373 e. The SMILES string of the molecule is CC(=CN1CCN(C(=O)c2cc(C(F)(F)F)cc(C(F)(F)F)c2)[C@H](Cc2c[nH]c3ccccc23)C1)NOCCN1CC(C)OC(C)C1. The van der Waals surface area contributed by atoms with Crippen LogP contribution in [0.25, 0.3) is 10.9 Å². The third kappa shape index (κ3) is 8.79. The van der Waals surface area contributed by atoms with Crippen molar-refractivity contribution in [2.45, 2.75) is 57.8 Å². The molecule has 1 amide bonds. The van der Waals surface area contributed by atoms with E-state index in [0.29, 0.717) is 43.9 Å². The van der Waals surface area contributed by atoms with Crippen LogP contribution in [0.5, 0.6) is 0 Å². The lowest BCUT2D eigenvalue weighted by molar-refractivity contribution is -0.143. The number of nitrogens with zero attached hydrogens (tertiary/aromatic N) is 3. The van der Waals surface area contributed by atoms with Crippen LogP contribution < -0.4 is 5.48 Å². The summed E-state index contributed by atoms with van der Waals surface area (Å²) in [5.41, 5.74) is 1.69. The van der Waals surface area contributed by atoms with E-state index in [1.165, 1.54) is 4.90 Å². The zero-order chi connectivity index (χ0) is 33.9. The van der Waals surface area contributed by atoms with E-state index in [9.17, 15) is 31.1 Å². The molecule has 2 fully saturated rings. The normalized spacial score (nSPS) is 21.8. The molecule has 2 aliphatic rings. The predicted octanol–water partition coefficient (Wildman–Crippen LogP) is 6.07. The maximum absolute atomic E-state index is 13.7. The highest BCUT2D eigenvalue weighted by atomic mass is 19.4. The molecule has 0 radical (unpaired) electrons. The van der Waals surface area contributed by atoms with Crippen LogP contribution in [-0.4, -0.2) is 89.7 Å². The van der Waals surface area contributed by atoms with Crippen molar-refractivity contribution in [3.8, 4) is 0 Å². The number of allylic oxidation sites excluding steroid dienone is 1. The number of halogens is 6. The number of nitrogens with one attached hydrogen (secondary N) is 2. The van der Waals surface area contributed by atoms with Gasteiger partial charge in [-0.25, -0.2) is 0 Å². The summed E-state index contributed by atoms with van der Waals surface area (Å²) in [6.45, 7) is 9.38. The Morgan fingerprint density at radius 2 is 1.66 bits per heavy atom. The number of piperazine rings is 1. The first-order valence-corrected chi connectivity index (χ1v) is 15.5. The van der Waals surface area contributed by atoms with E-state index in [0.717, 1.165) is 36.1 Å². The number of hydroxylamine groups is 1. The van der Waals surface area contributed by atoms with Gasteiger partial charge in [-0.1, -0.05) is 18.2 Å². The van der Waals surface area contributed by atoms with Gasteiger partial charge in [-0.05, 0) is 57.0 Å². The molecule has 8 nitrogen and oxygen atoms in total. The van der Waals surface area contributed by atoms with Crippen molar-refractivity contribution in [3.05, 3.63) is 82.8 Å². The number of rotatable bonds is 9. The van der Waals surface area contributed by atoms with Crippen molar-refractivity contribution < 1.29 is 40.7 Å².